The summed E-state index contributed by atoms with van der Waals surface area (Å²) in [5.41, 5.74) is -13.5. The van der Waals surface area contributed by atoms with Gasteiger partial charge in [-0.15, -0.1) is 0 Å². The van der Waals surface area contributed by atoms with E-state index in [1.165, 1.54) is 0 Å². The molecule has 0 radical (unpaired) electrons. The molecule has 0 aliphatic rings. The third-order valence-corrected chi connectivity index (χ3v) is 5.39. The Hall–Kier alpha value is 0.300. The van der Waals surface area contributed by atoms with Crippen molar-refractivity contribution in [2.75, 3.05) is 66.7 Å². The Bertz CT molecular complexity index is 307. The Labute approximate surface area is 163 Å². The van der Waals surface area contributed by atoms with Gasteiger partial charge in [0.2, 0.25) is 0 Å². The van der Waals surface area contributed by atoms with Gasteiger partial charge in [0.05, 0.1) is 48.4 Å². The van der Waals surface area contributed by atoms with Gasteiger partial charge in [-0.05, 0) is 0 Å². The fourth-order valence-corrected chi connectivity index (χ4v) is 3.15. The van der Waals surface area contributed by atoms with E-state index in [9.17, 15) is 43.9 Å². The molecule has 0 fully saturated rings. The van der Waals surface area contributed by atoms with Crippen LogP contribution in [0.5, 0.6) is 0 Å². The molecule has 0 spiro atoms. The summed E-state index contributed by atoms with van der Waals surface area (Å²) in [6, 6.07) is 0. The van der Waals surface area contributed by atoms with Gasteiger partial charge in [0.25, 0.3) is 0 Å². The average molecular weight is 402 g/mol. The monoisotopic (exact) mass is 402 g/mol. The predicted octanol–water partition coefficient (Wildman–Crippen LogP) is 1.74. The smallest absolute Gasteiger partial charge is 1.00 e. The maximum atomic E-state index is 13.7. The second-order valence-corrected chi connectivity index (χ2v) is 6.06. The largest absolute Gasteiger partial charge is 1.00 e. The molecule has 0 aliphatic heterocycles. The Morgan fingerprint density at radius 3 is 0.600 bits per heavy atom. The summed E-state index contributed by atoms with van der Waals surface area (Å²) in [5.74, 6) is 0. The Balaban J connectivity index is -0.00000264. The molecule has 0 aromatic heterocycles. The van der Waals surface area contributed by atoms with Crippen molar-refractivity contribution in [3.63, 3.8) is 0 Å². The van der Waals surface area contributed by atoms with Crippen LogP contribution >= 0.6 is 0 Å². The van der Waals surface area contributed by atoms with Gasteiger partial charge in [-0.25, -0.2) is 0 Å². The van der Waals surface area contributed by atoms with E-state index in [1.807, 2.05) is 0 Å². The van der Waals surface area contributed by atoms with Crippen molar-refractivity contribution in [2.45, 2.75) is 0 Å². The molecular weight excluding hydrogens is 381 g/mol. The van der Waals surface area contributed by atoms with Crippen molar-refractivity contribution >= 4 is 0 Å². The number of halogens is 10. The summed E-state index contributed by atoms with van der Waals surface area (Å²) in [4.78, 5) is 0. The number of rotatable bonds is 13. The van der Waals surface area contributed by atoms with Crippen LogP contribution in [0.2, 0.25) is 0 Å². The van der Waals surface area contributed by atoms with Crippen LogP contribution in [0.15, 0.2) is 0 Å². The summed E-state index contributed by atoms with van der Waals surface area (Å²) in [6.45, 7) is -21.6. The zero-order valence-corrected chi connectivity index (χ0v) is 15.9. The summed E-state index contributed by atoms with van der Waals surface area (Å²) in [6.07, 6.45) is 0. The van der Waals surface area contributed by atoms with Crippen molar-refractivity contribution in [2.24, 2.45) is 21.7 Å². The Morgan fingerprint density at radius 2 is 0.520 bits per heavy atom. The number of alkyl halides is 10. The van der Waals surface area contributed by atoms with Crippen molar-refractivity contribution in [3.05, 3.63) is 0 Å². The van der Waals surface area contributed by atoms with E-state index >= 15 is 0 Å². The molecular formula is C14H21F10Na. The minimum atomic E-state index is -3.48. The molecule has 0 unspecified atom stereocenters. The second kappa shape index (κ2) is 11.2. The zero-order chi connectivity index (χ0) is 19.1. The average Bonchev–Trinajstić information content (AvgIpc) is 2.65. The van der Waals surface area contributed by atoms with Gasteiger partial charge in [-0.1, -0.05) is 0 Å². The fourth-order valence-electron chi connectivity index (χ4n) is 3.15. The topological polar surface area (TPSA) is 0 Å². The minimum Gasteiger partial charge on any atom is -1.00 e. The van der Waals surface area contributed by atoms with Gasteiger partial charge in [0, 0.05) is 0 Å². The van der Waals surface area contributed by atoms with E-state index in [0.29, 0.717) is 0 Å². The molecule has 0 aliphatic carbocycles. The van der Waals surface area contributed by atoms with Gasteiger partial charge in [0.1, 0.15) is 40.0 Å². The van der Waals surface area contributed by atoms with Gasteiger partial charge < -0.3 is 1.43 Å². The SMILES string of the molecule is FCC(CF)(CF)C(CF)(CF)C(CF)(CF)C(CF)(CF)CF.[H-].[Na+]. The first-order valence-corrected chi connectivity index (χ1v) is 6.96. The van der Waals surface area contributed by atoms with E-state index in [4.69, 9.17) is 0 Å². The summed E-state index contributed by atoms with van der Waals surface area (Å²) >= 11 is 0. The van der Waals surface area contributed by atoms with Crippen molar-refractivity contribution < 1.29 is 74.9 Å². The summed E-state index contributed by atoms with van der Waals surface area (Å²) in [5, 5.41) is 0. The zero-order valence-electron chi connectivity index (χ0n) is 14.9. The van der Waals surface area contributed by atoms with Gasteiger partial charge >= 0.3 is 29.6 Å². The van der Waals surface area contributed by atoms with Gasteiger partial charge in [0.15, 0.2) is 0 Å². The predicted molar refractivity (Wildman–Crippen MR) is 70.6 cm³/mol. The quantitative estimate of drug-likeness (QED) is 0.325. The third-order valence-electron chi connectivity index (χ3n) is 5.39. The fraction of sp³-hybridized carbons (Fsp3) is 1.00. The van der Waals surface area contributed by atoms with Crippen LogP contribution in [0, 0.1) is 21.7 Å². The minimum absolute atomic E-state index is 0. The normalized spacial score (nSPS) is 13.7. The molecule has 0 nitrogen and oxygen atoms in total. The first-order valence-electron chi connectivity index (χ1n) is 6.96. The summed E-state index contributed by atoms with van der Waals surface area (Å²) < 4.78 is 135. The van der Waals surface area contributed by atoms with Crippen LogP contribution in [-0.4, -0.2) is 66.7 Å². The van der Waals surface area contributed by atoms with E-state index in [0.717, 1.165) is 0 Å². The van der Waals surface area contributed by atoms with E-state index < -0.39 is 88.4 Å². The second-order valence-electron chi connectivity index (χ2n) is 6.06. The molecule has 0 N–H and O–H groups in total. The molecule has 148 valence electrons. The maximum Gasteiger partial charge on any atom is 1.00 e. The van der Waals surface area contributed by atoms with E-state index in [1.54, 1.807) is 0 Å². The maximum absolute atomic E-state index is 13.7. The van der Waals surface area contributed by atoms with Crippen LogP contribution in [-0.2, 0) is 0 Å². The summed E-state index contributed by atoms with van der Waals surface area (Å²) in [7, 11) is 0. The Kier molecular flexibility index (Phi) is 12.3. The van der Waals surface area contributed by atoms with Crippen LogP contribution in [0.4, 0.5) is 43.9 Å². The molecule has 0 amide bonds. The molecule has 0 rings (SSSR count). The van der Waals surface area contributed by atoms with E-state index in [2.05, 4.69) is 0 Å². The molecule has 0 aromatic carbocycles. The van der Waals surface area contributed by atoms with E-state index in [-0.39, 0.29) is 31.0 Å². The van der Waals surface area contributed by atoms with Crippen LogP contribution in [0.3, 0.4) is 0 Å². The molecule has 0 bridgehead atoms. The molecule has 11 heteroatoms. The molecule has 0 aromatic rings. The van der Waals surface area contributed by atoms with Crippen LogP contribution in [0.25, 0.3) is 0 Å². The molecule has 25 heavy (non-hydrogen) atoms. The molecule has 0 heterocycles. The number of hydrogen-bond acceptors (Lipinski definition) is 0. The van der Waals surface area contributed by atoms with Crippen molar-refractivity contribution in [1.82, 2.24) is 0 Å². The van der Waals surface area contributed by atoms with Crippen molar-refractivity contribution in [3.8, 4) is 0 Å². The standard InChI is InChI=1S/C14H20F10.Na.H/c15-1-11(2-16,3-17)13(7-21,8-22)14(9-23,10-24)12(4-18,5-19)6-20;;/h1-10H2;;/q;+1;-1. The van der Waals surface area contributed by atoms with Gasteiger partial charge in [-0.3, -0.25) is 43.9 Å². The Morgan fingerprint density at radius 1 is 0.360 bits per heavy atom. The van der Waals surface area contributed by atoms with Gasteiger partial charge in [-0.2, -0.15) is 0 Å². The van der Waals surface area contributed by atoms with Crippen LogP contribution < -0.4 is 29.6 Å². The first kappa shape index (κ1) is 27.5. The van der Waals surface area contributed by atoms with Crippen molar-refractivity contribution in [1.29, 1.82) is 0 Å². The number of hydrogen-bond donors (Lipinski definition) is 0. The molecule has 0 atom stereocenters. The third kappa shape index (κ3) is 3.68. The van der Waals surface area contributed by atoms with Crippen LogP contribution in [0.1, 0.15) is 1.43 Å². The molecule has 0 saturated carbocycles. The first-order chi connectivity index (χ1) is 11.4. The molecule has 0 saturated heterocycles.